The fourth-order valence-corrected chi connectivity index (χ4v) is 2.37. The van der Waals surface area contributed by atoms with E-state index in [0.717, 1.165) is 36.5 Å². The standard InChI is InChI=1S/C14H20N4O2/c1-9-10(2)15-8-16-13(9)18-5-6-20-12(7-18)14(19)17-11-3-4-11/h8,11-12H,3-7H2,1-2H3,(H,17,19). The van der Waals surface area contributed by atoms with Crippen LogP contribution in [0, 0.1) is 13.8 Å². The molecular weight excluding hydrogens is 256 g/mol. The lowest BCUT2D eigenvalue weighted by Crippen LogP contribution is -2.50. The van der Waals surface area contributed by atoms with Gasteiger partial charge in [0.2, 0.25) is 0 Å². The van der Waals surface area contributed by atoms with Crippen molar-refractivity contribution in [2.45, 2.75) is 38.8 Å². The minimum absolute atomic E-state index is 0.000584. The SMILES string of the molecule is Cc1ncnc(N2CCOC(C(=O)NC3CC3)C2)c1C. The molecule has 1 aliphatic carbocycles. The number of ether oxygens (including phenoxy) is 1. The van der Waals surface area contributed by atoms with Crippen molar-refractivity contribution >= 4 is 11.7 Å². The molecule has 0 spiro atoms. The Balaban J connectivity index is 1.70. The zero-order valence-electron chi connectivity index (χ0n) is 11.9. The van der Waals surface area contributed by atoms with Crippen LogP contribution >= 0.6 is 0 Å². The second-order valence-corrected chi connectivity index (χ2v) is 5.50. The molecule has 20 heavy (non-hydrogen) atoms. The zero-order valence-corrected chi connectivity index (χ0v) is 11.9. The van der Waals surface area contributed by atoms with E-state index in [2.05, 4.69) is 20.2 Å². The number of carbonyl (C=O) groups is 1. The Kier molecular flexibility index (Phi) is 3.56. The smallest absolute Gasteiger partial charge is 0.251 e. The first-order valence-electron chi connectivity index (χ1n) is 7.10. The highest BCUT2D eigenvalue weighted by Gasteiger charge is 2.32. The maximum absolute atomic E-state index is 12.1. The van der Waals surface area contributed by atoms with Gasteiger partial charge in [-0.05, 0) is 26.7 Å². The maximum Gasteiger partial charge on any atom is 0.251 e. The summed E-state index contributed by atoms with van der Waals surface area (Å²) in [6.45, 7) is 5.84. The van der Waals surface area contributed by atoms with Gasteiger partial charge in [-0.15, -0.1) is 0 Å². The third-order valence-corrected chi connectivity index (χ3v) is 3.89. The Morgan fingerprint density at radius 3 is 2.95 bits per heavy atom. The lowest BCUT2D eigenvalue weighted by molar-refractivity contribution is -0.133. The number of hydrogen-bond acceptors (Lipinski definition) is 5. The summed E-state index contributed by atoms with van der Waals surface area (Å²) in [6, 6.07) is 0.365. The molecule has 3 rings (SSSR count). The lowest BCUT2D eigenvalue weighted by atomic mass is 10.2. The first-order valence-corrected chi connectivity index (χ1v) is 7.10. The minimum atomic E-state index is -0.404. The molecule has 6 nitrogen and oxygen atoms in total. The quantitative estimate of drug-likeness (QED) is 0.874. The Labute approximate surface area is 118 Å². The van der Waals surface area contributed by atoms with Crippen LogP contribution in [0.5, 0.6) is 0 Å². The van der Waals surface area contributed by atoms with Gasteiger partial charge in [0.25, 0.3) is 5.91 Å². The lowest BCUT2D eigenvalue weighted by Gasteiger charge is -2.33. The molecule has 1 aromatic rings. The molecular formula is C14H20N4O2. The van der Waals surface area contributed by atoms with Crippen LogP contribution < -0.4 is 10.2 Å². The topological polar surface area (TPSA) is 67.3 Å². The molecule has 1 saturated heterocycles. The van der Waals surface area contributed by atoms with E-state index in [1.807, 2.05) is 13.8 Å². The van der Waals surface area contributed by atoms with Gasteiger partial charge in [-0.1, -0.05) is 0 Å². The van der Waals surface area contributed by atoms with Crippen molar-refractivity contribution in [1.29, 1.82) is 0 Å². The summed E-state index contributed by atoms with van der Waals surface area (Å²) in [5, 5.41) is 3.00. The number of nitrogens with one attached hydrogen (secondary N) is 1. The van der Waals surface area contributed by atoms with Crippen molar-refractivity contribution in [2.75, 3.05) is 24.6 Å². The highest BCUT2D eigenvalue weighted by Crippen LogP contribution is 2.22. The molecule has 2 fully saturated rings. The van der Waals surface area contributed by atoms with E-state index in [-0.39, 0.29) is 5.91 Å². The van der Waals surface area contributed by atoms with Crippen LogP contribution in [0.4, 0.5) is 5.82 Å². The van der Waals surface area contributed by atoms with Crippen molar-refractivity contribution in [3.8, 4) is 0 Å². The molecule has 1 aromatic heterocycles. The summed E-state index contributed by atoms with van der Waals surface area (Å²) in [5.41, 5.74) is 2.04. The van der Waals surface area contributed by atoms with Gasteiger partial charge in [0, 0.05) is 23.8 Å². The molecule has 108 valence electrons. The van der Waals surface area contributed by atoms with Gasteiger partial charge in [0.05, 0.1) is 13.2 Å². The van der Waals surface area contributed by atoms with Crippen LogP contribution in [-0.4, -0.2) is 47.7 Å². The molecule has 1 aliphatic heterocycles. The zero-order chi connectivity index (χ0) is 14.1. The van der Waals surface area contributed by atoms with Crippen LogP contribution in [-0.2, 0) is 9.53 Å². The monoisotopic (exact) mass is 276 g/mol. The third kappa shape index (κ3) is 2.75. The van der Waals surface area contributed by atoms with E-state index in [1.165, 1.54) is 0 Å². The third-order valence-electron chi connectivity index (χ3n) is 3.89. The number of carbonyl (C=O) groups excluding carboxylic acids is 1. The summed E-state index contributed by atoms with van der Waals surface area (Å²) in [5.74, 6) is 0.908. The van der Waals surface area contributed by atoms with Gasteiger partial charge in [-0.3, -0.25) is 4.79 Å². The maximum atomic E-state index is 12.1. The van der Waals surface area contributed by atoms with Gasteiger partial charge in [-0.25, -0.2) is 9.97 Å². The minimum Gasteiger partial charge on any atom is -0.365 e. The predicted molar refractivity (Wildman–Crippen MR) is 74.6 cm³/mol. The van der Waals surface area contributed by atoms with Crippen LogP contribution in [0.15, 0.2) is 6.33 Å². The van der Waals surface area contributed by atoms with Crippen LogP contribution in [0.2, 0.25) is 0 Å². The van der Waals surface area contributed by atoms with Crippen LogP contribution in [0.1, 0.15) is 24.1 Å². The highest BCUT2D eigenvalue weighted by atomic mass is 16.5. The normalized spacial score (nSPS) is 22.7. The Morgan fingerprint density at radius 2 is 2.20 bits per heavy atom. The molecule has 0 aromatic carbocycles. The predicted octanol–water partition coefficient (Wildman–Crippen LogP) is 0.577. The second kappa shape index (κ2) is 5.36. The number of anilines is 1. The molecule has 1 atom stereocenters. The number of aromatic nitrogens is 2. The average Bonchev–Trinajstić information content (AvgIpc) is 3.26. The van der Waals surface area contributed by atoms with Gasteiger partial charge >= 0.3 is 0 Å². The van der Waals surface area contributed by atoms with Gasteiger partial charge in [0.15, 0.2) is 6.10 Å². The van der Waals surface area contributed by atoms with Crippen molar-refractivity contribution in [1.82, 2.24) is 15.3 Å². The summed E-state index contributed by atoms with van der Waals surface area (Å²) in [7, 11) is 0. The number of rotatable bonds is 3. The van der Waals surface area contributed by atoms with E-state index < -0.39 is 6.10 Å². The van der Waals surface area contributed by atoms with Crippen molar-refractivity contribution in [2.24, 2.45) is 0 Å². The molecule has 0 bridgehead atoms. The van der Waals surface area contributed by atoms with Gasteiger partial charge < -0.3 is 15.0 Å². The Morgan fingerprint density at radius 1 is 1.40 bits per heavy atom. The fraction of sp³-hybridized carbons (Fsp3) is 0.643. The highest BCUT2D eigenvalue weighted by molar-refractivity contribution is 5.82. The van der Waals surface area contributed by atoms with E-state index >= 15 is 0 Å². The summed E-state index contributed by atoms with van der Waals surface area (Å²) in [4.78, 5) is 22.7. The van der Waals surface area contributed by atoms with Crippen molar-refractivity contribution < 1.29 is 9.53 Å². The largest absolute Gasteiger partial charge is 0.365 e. The van der Waals surface area contributed by atoms with E-state index in [4.69, 9.17) is 4.74 Å². The molecule has 1 amide bonds. The fourth-order valence-electron chi connectivity index (χ4n) is 2.37. The second-order valence-electron chi connectivity index (χ2n) is 5.50. The van der Waals surface area contributed by atoms with Crippen LogP contribution in [0.25, 0.3) is 0 Å². The molecule has 1 unspecified atom stereocenters. The molecule has 6 heteroatoms. The number of morpholine rings is 1. The molecule has 1 saturated carbocycles. The number of hydrogen-bond donors (Lipinski definition) is 1. The van der Waals surface area contributed by atoms with E-state index in [0.29, 0.717) is 19.2 Å². The Hall–Kier alpha value is -1.69. The molecule has 2 aliphatic rings. The number of nitrogens with zero attached hydrogens (tertiary/aromatic N) is 3. The van der Waals surface area contributed by atoms with E-state index in [9.17, 15) is 4.79 Å². The molecule has 1 N–H and O–H groups in total. The molecule has 2 heterocycles. The summed E-state index contributed by atoms with van der Waals surface area (Å²) in [6.07, 6.45) is 3.35. The number of aryl methyl sites for hydroxylation is 1. The van der Waals surface area contributed by atoms with Crippen molar-refractivity contribution in [3.63, 3.8) is 0 Å². The van der Waals surface area contributed by atoms with Crippen molar-refractivity contribution in [3.05, 3.63) is 17.6 Å². The summed E-state index contributed by atoms with van der Waals surface area (Å²) < 4.78 is 5.59. The van der Waals surface area contributed by atoms with Crippen LogP contribution in [0.3, 0.4) is 0 Å². The first-order chi connectivity index (χ1) is 9.65. The summed E-state index contributed by atoms with van der Waals surface area (Å²) >= 11 is 0. The number of amides is 1. The Bertz CT molecular complexity index is 516. The van der Waals surface area contributed by atoms with Gasteiger partial charge in [0.1, 0.15) is 12.1 Å². The molecule has 0 radical (unpaired) electrons. The van der Waals surface area contributed by atoms with E-state index in [1.54, 1.807) is 6.33 Å². The average molecular weight is 276 g/mol. The van der Waals surface area contributed by atoms with Gasteiger partial charge in [-0.2, -0.15) is 0 Å². The first kappa shape index (κ1) is 13.3.